The van der Waals surface area contributed by atoms with Gasteiger partial charge in [0.25, 0.3) is 5.91 Å². The monoisotopic (exact) mass is 238 g/mol. The maximum absolute atomic E-state index is 12.1. The Hall–Kier alpha value is -1.74. The summed E-state index contributed by atoms with van der Waals surface area (Å²) >= 11 is 0. The van der Waals surface area contributed by atoms with Crippen molar-refractivity contribution in [3.05, 3.63) is 42.1 Å². The molecule has 0 fully saturated rings. The van der Waals surface area contributed by atoms with Crippen molar-refractivity contribution in [2.24, 2.45) is 0 Å². The van der Waals surface area contributed by atoms with E-state index in [2.05, 4.69) is 10.2 Å². The van der Waals surface area contributed by atoms with Crippen molar-refractivity contribution in [1.29, 1.82) is 0 Å². The molecule has 84 valence electrons. The second kappa shape index (κ2) is 4.02. The molecule has 16 heavy (non-hydrogen) atoms. The number of para-hydroxylation sites is 1. The van der Waals surface area contributed by atoms with Gasteiger partial charge in [-0.25, -0.2) is 4.57 Å². The summed E-state index contributed by atoms with van der Waals surface area (Å²) in [6.07, 6.45) is 1.32. The predicted molar refractivity (Wildman–Crippen MR) is 59.7 cm³/mol. The van der Waals surface area contributed by atoms with Gasteiger partial charge in [0.05, 0.1) is 0 Å². The van der Waals surface area contributed by atoms with Crippen LogP contribution in [0.5, 0.6) is 5.75 Å². The molecule has 0 saturated carbocycles. The first-order valence-electron chi connectivity index (χ1n) is 4.71. The molecule has 2 rings (SSSR count). The number of benzene rings is 1. The van der Waals surface area contributed by atoms with Crippen molar-refractivity contribution in [3.63, 3.8) is 0 Å². The van der Waals surface area contributed by atoms with Crippen molar-refractivity contribution >= 4 is 13.6 Å². The van der Waals surface area contributed by atoms with E-state index >= 15 is 0 Å². The van der Waals surface area contributed by atoms with Gasteiger partial charge in [-0.1, -0.05) is 18.2 Å². The molecule has 1 atom stereocenters. The Morgan fingerprint density at radius 2 is 1.88 bits per heavy atom. The van der Waals surface area contributed by atoms with E-state index in [9.17, 15) is 9.36 Å². The minimum Gasteiger partial charge on any atom is -0.414 e. The third-order valence-corrected chi connectivity index (χ3v) is 3.54. The maximum Gasteiger partial charge on any atom is 0.446 e. The summed E-state index contributed by atoms with van der Waals surface area (Å²) in [6.45, 7) is 1.65. The van der Waals surface area contributed by atoms with Crippen LogP contribution in [0.1, 0.15) is 6.92 Å². The standard InChI is InChI=1S/C10H11N2O3P/c1-8-7-10(13)12-16(14,11-8)15-9-5-3-2-4-6-9/h2-7H,1H3,(H2,11,12,13,14)/t16-/m0/s1. The number of allylic oxidation sites excluding steroid dienone is 1. The van der Waals surface area contributed by atoms with Crippen LogP contribution in [0, 0.1) is 0 Å². The quantitative estimate of drug-likeness (QED) is 0.771. The normalized spacial score (nSPS) is 24.1. The Kier molecular flexibility index (Phi) is 2.71. The molecule has 1 amide bonds. The lowest BCUT2D eigenvalue weighted by Gasteiger charge is -2.24. The Labute approximate surface area is 93.1 Å². The molecule has 0 aromatic heterocycles. The van der Waals surface area contributed by atoms with Crippen molar-refractivity contribution in [3.8, 4) is 5.75 Å². The van der Waals surface area contributed by atoms with E-state index in [-0.39, 0.29) is 0 Å². The predicted octanol–water partition coefficient (Wildman–Crippen LogP) is 1.80. The highest BCUT2D eigenvalue weighted by atomic mass is 31.2. The van der Waals surface area contributed by atoms with Crippen LogP contribution in [0.3, 0.4) is 0 Å². The van der Waals surface area contributed by atoms with Crippen molar-refractivity contribution in [1.82, 2.24) is 10.2 Å². The number of rotatable bonds is 2. The number of carbonyl (C=O) groups excluding carboxylic acids is 1. The number of hydrogen-bond donors (Lipinski definition) is 2. The molecule has 0 unspecified atom stereocenters. The van der Waals surface area contributed by atoms with Gasteiger partial charge in [-0.3, -0.25) is 15.0 Å². The van der Waals surface area contributed by atoms with E-state index in [4.69, 9.17) is 4.52 Å². The molecule has 5 nitrogen and oxygen atoms in total. The van der Waals surface area contributed by atoms with Crippen LogP contribution in [0.15, 0.2) is 42.1 Å². The molecule has 0 radical (unpaired) electrons. The maximum atomic E-state index is 12.1. The first kappa shape index (κ1) is 10.8. The molecule has 0 bridgehead atoms. The zero-order valence-corrected chi connectivity index (χ0v) is 9.53. The fourth-order valence-electron chi connectivity index (χ4n) is 1.34. The van der Waals surface area contributed by atoms with Crippen molar-refractivity contribution < 1.29 is 13.9 Å². The van der Waals surface area contributed by atoms with Crippen molar-refractivity contribution in [2.75, 3.05) is 0 Å². The lowest BCUT2D eigenvalue weighted by molar-refractivity contribution is -0.115. The van der Waals surface area contributed by atoms with E-state index in [0.29, 0.717) is 11.4 Å². The zero-order chi connectivity index (χ0) is 11.6. The Bertz CT molecular complexity index is 484. The smallest absolute Gasteiger partial charge is 0.414 e. The van der Waals surface area contributed by atoms with Gasteiger partial charge in [0.1, 0.15) is 5.75 Å². The Morgan fingerprint density at radius 1 is 1.19 bits per heavy atom. The molecule has 0 aliphatic carbocycles. The summed E-state index contributed by atoms with van der Waals surface area (Å²) in [6, 6.07) is 8.68. The fourth-order valence-corrected chi connectivity index (χ4v) is 2.79. The highest BCUT2D eigenvalue weighted by Crippen LogP contribution is 2.41. The van der Waals surface area contributed by atoms with Gasteiger partial charge in [0.15, 0.2) is 0 Å². The zero-order valence-electron chi connectivity index (χ0n) is 8.64. The number of amides is 1. The van der Waals surface area contributed by atoms with Crippen LogP contribution in [0.25, 0.3) is 0 Å². The molecule has 0 spiro atoms. The van der Waals surface area contributed by atoms with Crippen LogP contribution in [0.2, 0.25) is 0 Å². The molecular formula is C10H11N2O3P. The summed E-state index contributed by atoms with van der Waals surface area (Å²) in [5.74, 6) is 0.0175. The second-order valence-corrected chi connectivity index (χ2v) is 5.10. The van der Waals surface area contributed by atoms with Crippen LogP contribution in [-0.4, -0.2) is 5.91 Å². The van der Waals surface area contributed by atoms with Gasteiger partial charge in [0, 0.05) is 11.8 Å². The molecule has 1 heterocycles. The Balaban J connectivity index is 2.19. The third kappa shape index (κ3) is 2.44. The number of hydrogen-bond acceptors (Lipinski definition) is 3. The average molecular weight is 238 g/mol. The summed E-state index contributed by atoms with van der Waals surface area (Å²) in [4.78, 5) is 11.2. The summed E-state index contributed by atoms with van der Waals surface area (Å²) < 4.78 is 17.4. The minimum atomic E-state index is -3.37. The number of carbonyl (C=O) groups is 1. The molecular weight excluding hydrogens is 227 g/mol. The van der Waals surface area contributed by atoms with E-state index in [1.807, 2.05) is 6.07 Å². The summed E-state index contributed by atoms with van der Waals surface area (Å²) in [5.41, 5.74) is 0.517. The first-order valence-corrected chi connectivity index (χ1v) is 6.33. The SMILES string of the molecule is CC1=CC(=O)N[P@@](=O)(Oc2ccccc2)N1. The molecule has 1 aromatic carbocycles. The largest absolute Gasteiger partial charge is 0.446 e. The Morgan fingerprint density at radius 3 is 2.50 bits per heavy atom. The van der Waals surface area contributed by atoms with Crippen LogP contribution >= 0.6 is 7.67 Å². The van der Waals surface area contributed by atoms with E-state index in [0.717, 1.165) is 0 Å². The van der Waals surface area contributed by atoms with E-state index in [1.165, 1.54) is 6.08 Å². The topological polar surface area (TPSA) is 67.4 Å². The van der Waals surface area contributed by atoms with Gasteiger partial charge < -0.3 is 4.52 Å². The number of nitrogens with one attached hydrogen (secondary N) is 2. The first-order chi connectivity index (χ1) is 7.57. The van der Waals surface area contributed by atoms with Gasteiger partial charge in [0.2, 0.25) is 0 Å². The second-order valence-electron chi connectivity index (χ2n) is 3.37. The lowest BCUT2D eigenvalue weighted by Crippen LogP contribution is -2.33. The van der Waals surface area contributed by atoms with Gasteiger partial charge in [-0.2, -0.15) is 0 Å². The molecule has 6 heteroatoms. The van der Waals surface area contributed by atoms with Gasteiger partial charge >= 0.3 is 7.67 Å². The van der Waals surface area contributed by atoms with Gasteiger partial charge in [-0.05, 0) is 19.1 Å². The molecule has 1 aromatic rings. The molecule has 1 aliphatic rings. The average Bonchev–Trinajstić information content (AvgIpc) is 2.15. The van der Waals surface area contributed by atoms with E-state index in [1.54, 1.807) is 31.2 Å². The highest BCUT2D eigenvalue weighted by Gasteiger charge is 2.30. The van der Waals surface area contributed by atoms with Crippen LogP contribution in [-0.2, 0) is 9.36 Å². The van der Waals surface area contributed by atoms with Crippen LogP contribution in [0.4, 0.5) is 0 Å². The molecule has 1 aliphatic heterocycles. The molecule has 0 saturated heterocycles. The fraction of sp³-hybridized carbons (Fsp3) is 0.100. The highest BCUT2D eigenvalue weighted by molar-refractivity contribution is 7.56. The summed E-state index contributed by atoms with van der Waals surface area (Å²) in [5, 5.41) is 4.91. The lowest BCUT2D eigenvalue weighted by atomic mass is 10.3. The van der Waals surface area contributed by atoms with Gasteiger partial charge in [-0.15, -0.1) is 0 Å². The minimum absolute atomic E-state index is 0.421. The van der Waals surface area contributed by atoms with E-state index < -0.39 is 13.6 Å². The van der Waals surface area contributed by atoms with Crippen molar-refractivity contribution in [2.45, 2.75) is 6.92 Å². The third-order valence-electron chi connectivity index (χ3n) is 1.91. The molecule has 2 N–H and O–H groups in total. The van der Waals surface area contributed by atoms with Crippen LogP contribution < -0.4 is 14.7 Å². The summed E-state index contributed by atoms with van der Waals surface area (Å²) in [7, 11) is -3.37.